The first-order valence-corrected chi connectivity index (χ1v) is 19.9. The molecule has 1 aliphatic heterocycles. The number of benzene rings is 3. The topological polar surface area (TPSA) is 164 Å². The number of nitrogens with zero attached hydrogens (tertiary/aromatic N) is 3. The molecule has 1 aromatic heterocycles. The molecule has 0 bridgehead atoms. The highest BCUT2D eigenvalue weighted by molar-refractivity contribution is 7.44. The van der Waals surface area contributed by atoms with Crippen LogP contribution in [0.2, 0.25) is 0 Å². The fourth-order valence-corrected chi connectivity index (χ4v) is 8.61. The fraction of sp³-hybridized carbons (Fsp3) is 0.429. The minimum absolute atomic E-state index is 0.0209. The van der Waals surface area contributed by atoms with Crippen molar-refractivity contribution in [2.45, 2.75) is 90.2 Å². The summed E-state index contributed by atoms with van der Waals surface area (Å²) in [5.74, 6) is 0.778. The molecule has 0 saturated carbocycles. The van der Waals surface area contributed by atoms with Crippen LogP contribution < -0.4 is 20.7 Å². The van der Waals surface area contributed by atoms with E-state index in [9.17, 15) is 19.6 Å². The Morgan fingerprint density at radius 3 is 2.05 bits per heavy atom. The summed E-state index contributed by atoms with van der Waals surface area (Å²) in [6, 6.07) is 27.3. The van der Waals surface area contributed by atoms with E-state index in [1.54, 1.807) is 14.2 Å². The Hall–Kier alpha value is -4.87. The monoisotopic (exact) mass is 802 g/mol. The standard InChI is InChI=1S/C42H51N4O10P/c1-28(2)46(29(3)4)57(54-23-11-22-43)56-37-24-39(45-25-31(26-52-30(5)47)40(48)44-41(45)49)55-38(37)27-53-42(32-12-9-8-10-13-32,33-14-18-35(50-6)19-15-33)34-16-20-36(51-7)21-17-34/h8-10,12-21,25,28-29,37-39H,11,23-24,26-27H2,1-7H3,(H,44,48,49)/t37-,38-,39-,57?/m1/s1. The zero-order valence-electron chi connectivity index (χ0n) is 33.4. The summed E-state index contributed by atoms with van der Waals surface area (Å²) in [7, 11) is 1.48. The van der Waals surface area contributed by atoms with Gasteiger partial charge in [-0.2, -0.15) is 5.26 Å². The number of nitriles is 1. The van der Waals surface area contributed by atoms with Gasteiger partial charge in [0.2, 0.25) is 0 Å². The Labute approximate surface area is 334 Å². The molecule has 2 heterocycles. The van der Waals surface area contributed by atoms with Crippen LogP contribution in [0.4, 0.5) is 0 Å². The molecule has 5 rings (SSSR count). The van der Waals surface area contributed by atoms with Gasteiger partial charge in [-0.15, -0.1) is 0 Å². The summed E-state index contributed by atoms with van der Waals surface area (Å²) in [5, 5.41) is 9.33. The van der Waals surface area contributed by atoms with Crippen LogP contribution in [0, 0.1) is 11.3 Å². The summed E-state index contributed by atoms with van der Waals surface area (Å²) in [6.45, 7) is 9.21. The van der Waals surface area contributed by atoms with E-state index in [0.717, 1.165) is 16.7 Å². The molecule has 1 N–H and O–H groups in total. The number of aromatic amines is 1. The van der Waals surface area contributed by atoms with E-state index in [1.807, 2.05) is 107 Å². The number of carbonyl (C=O) groups is 1. The number of ether oxygens (including phenoxy) is 5. The number of nitrogens with one attached hydrogen (secondary N) is 1. The van der Waals surface area contributed by atoms with Gasteiger partial charge in [0.1, 0.15) is 36.0 Å². The Bertz CT molecular complexity index is 2010. The normalized spacial score (nSPS) is 17.5. The maximum absolute atomic E-state index is 13.4. The summed E-state index contributed by atoms with van der Waals surface area (Å²) in [4.78, 5) is 40.0. The molecule has 4 atom stereocenters. The molecular formula is C42H51N4O10P. The van der Waals surface area contributed by atoms with Crippen LogP contribution in [0.1, 0.15) is 75.9 Å². The van der Waals surface area contributed by atoms with E-state index in [1.165, 1.54) is 17.7 Å². The highest BCUT2D eigenvalue weighted by atomic mass is 31.2. The second-order valence-electron chi connectivity index (χ2n) is 14.0. The molecule has 304 valence electrons. The molecule has 1 fully saturated rings. The van der Waals surface area contributed by atoms with Gasteiger partial charge in [-0.1, -0.05) is 54.6 Å². The van der Waals surface area contributed by atoms with Crippen LogP contribution in [0.5, 0.6) is 11.5 Å². The molecule has 1 aliphatic rings. The summed E-state index contributed by atoms with van der Waals surface area (Å²) in [6.07, 6.45) is -0.710. The van der Waals surface area contributed by atoms with Gasteiger partial charge in [0.05, 0.1) is 51.6 Å². The zero-order valence-corrected chi connectivity index (χ0v) is 34.3. The van der Waals surface area contributed by atoms with Crippen molar-refractivity contribution in [3.63, 3.8) is 0 Å². The van der Waals surface area contributed by atoms with Gasteiger partial charge in [-0.05, 0) is 68.7 Å². The number of hydrogen-bond acceptors (Lipinski definition) is 12. The fourth-order valence-electron chi connectivity index (χ4n) is 6.85. The Kier molecular flexibility index (Phi) is 15.2. The van der Waals surface area contributed by atoms with Gasteiger partial charge in [-0.25, -0.2) is 9.46 Å². The van der Waals surface area contributed by atoms with Crippen molar-refractivity contribution >= 4 is 14.5 Å². The van der Waals surface area contributed by atoms with Gasteiger partial charge in [-0.3, -0.25) is 19.1 Å². The van der Waals surface area contributed by atoms with Crippen LogP contribution in [-0.4, -0.2) is 71.9 Å². The molecule has 15 heteroatoms. The summed E-state index contributed by atoms with van der Waals surface area (Å²) in [5.41, 5.74) is -0.0293. The molecular weight excluding hydrogens is 751 g/mol. The lowest BCUT2D eigenvalue weighted by Gasteiger charge is -2.39. The van der Waals surface area contributed by atoms with E-state index in [4.69, 9.17) is 32.7 Å². The molecule has 3 aromatic carbocycles. The maximum Gasteiger partial charge on any atom is 0.330 e. The van der Waals surface area contributed by atoms with E-state index < -0.39 is 49.8 Å². The van der Waals surface area contributed by atoms with Gasteiger partial charge < -0.3 is 32.7 Å². The van der Waals surface area contributed by atoms with Crippen LogP contribution >= 0.6 is 8.53 Å². The van der Waals surface area contributed by atoms with E-state index in [-0.39, 0.29) is 50.3 Å². The van der Waals surface area contributed by atoms with Crippen molar-refractivity contribution in [3.8, 4) is 17.6 Å². The predicted molar refractivity (Wildman–Crippen MR) is 214 cm³/mol. The quantitative estimate of drug-likeness (QED) is 0.0470. The van der Waals surface area contributed by atoms with Gasteiger partial charge in [0.15, 0.2) is 0 Å². The second kappa shape index (κ2) is 20.0. The van der Waals surface area contributed by atoms with E-state index >= 15 is 0 Å². The van der Waals surface area contributed by atoms with E-state index in [0.29, 0.717) is 11.5 Å². The molecule has 57 heavy (non-hydrogen) atoms. The lowest BCUT2D eigenvalue weighted by molar-refractivity contribution is -0.142. The first kappa shape index (κ1) is 43.3. The van der Waals surface area contributed by atoms with Crippen molar-refractivity contribution in [1.82, 2.24) is 14.2 Å². The summed E-state index contributed by atoms with van der Waals surface area (Å²) >= 11 is 0. The number of methoxy groups -OCH3 is 2. The van der Waals surface area contributed by atoms with Crippen molar-refractivity contribution in [2.24, 2.45) is 0 Å². The van der Waals surface area contributed by atoms with E-state index in [2.05, 4.69) is 15.7 Å². The van der Waals surface area contributed by atoms with Crippen molar-refractivity contribution < 1.29 is 37.5 Å². The number of aromatic nitrogens is 2. The second-order valence-corrected chi connectivity index (χ2v) is 15.4. The predicted octanol–water partition coefficient (Wildman–Crippen LogP) is 6.57. The molecule has 1 saturated heterocycles. The average molecular weight is 803 g/mol. The number of hydrogen-bond donors (Lipinski definition) is 1. The molecule has 1 unspecified atom stereocenters. The number of rotatable bonds is 19. The SMILES string of the molecule is COc1ccc(C(OC[C@H]2O[C@@H](n3cc(COC(C)=O)c(=O)[nH]c3=O)C[C@H]2OP(OCCC#N)N(C(C)C)C(C)C)(c2ccccc2)c2ccc(OC)cc2)cc1. The van der Waals surface area contributed by atoms with Crippen LogP contribution in [0.3, 0.4) is 0 Å². The van der Waals surface area contributed by atoms with Gasteiger partial charge in [0, 0.05) is 31.6 Å². The van der Waals surface area contributed by atoms with Crippen molar-refractivity contribution in [1.29, 1.82) is 5.26 Å². The Balaban J connectivity index is 1.61. The smallest absolute Gasteiger partial charge is 0.330 e. The maximum atomic E-state index is 13.4. The number of carbonyl (C=O) groups excluding carboxylic acids is 1. The zero-order chi connectivity index (χ0) is 41.1. The third kappa shape index (κ3) is 10.4. The average Bonchev–Trinajstić information content (AvgIpc) is 3.60. The Morgan fingerprint density at radius 2 is 1.53 bits per heavy atom. The third-order valence-corrected chi connectivity index (χ3v) is 11.6. The highest BCUT2D eigenvalue weighted by Crippen LogP contribution is 2.50. The summed E-state index contributed by atoms with van der Waals surface area (Å²) < 4.78 is 46.6. The van der Waals surface area contributed by atoms with Crippen molar-refractivity contribution in [2.75, 3.05) is 27.4 Å². The number of esters is 1. The number of H-pyrrole nitrogens is 1. The van der Waals surface area contributed by atoms with Crippen LogP contribution in [0.15, 0.2) is 94.6 Å². The van der Waals surface area contributed by atoms with Crippen LogP contribution in [0.25, 0.3) is 0 Å². The largest absolute Gasteiger partial charge is 0.497 e. The highest BCUT2D eigenvalue weighted by Gasteiger charge is 2.45. The molecule has 0 aliphatic carbocycles. The van der Waals surface area contributed by atoms with Crippen molar-refractivity contribution in [3.05, 3.63) is 128 Å². The first-order valence-electron chi connectivity index (χ1n) is 18.8. The molecule has 14 nitrogen and oxygen atoms in total. The van der Waals surface area contributed by atoms with Crippen LogP contribution in [-0.2, 0) is 40.3 Å². The van der Waals surface area contributed by atoms with Gasteiger partial charge in [0.25, 0.3) is 14.1 Å². The Morgan fingerprint density at radius 1 is 0.947 bits per heavy atom. The molecule has 4 aromatic rings. The minimum atomic E-state index is -1.74. The van der Waals surface area contributed by atoms with Gasteiger partial charge >= 0.3 is 11.7 Å². The molecule has 0 amide bonds. The molecule has 0 radical (unpaired) electrons. The lowest BCUT2D eigenvalue weighted by Crippen LogP contribution is -2.39. The first-order chi connectivity index (χ1) is 27.4. The third-order valence-electron chi connectivity index (χ3n) is 9.49. The lowest BCUT2D eigenvalue weighted by atomic mass is 9.80. The molecule has 0 spiro atoms. The minimum Gasteiger partial charge on any atom is -0.497 e.